The molecule has 2 heterocycles. The molecule has 0 spiro atoms. The van der Waals surface area contributed by atoms with Gasteiger partial charge in [0.15, 0.2) is 11.5 Å². The molecular weight excluding hydrogens is 440 g/mol. The molecule has 0 unspecified atom stereocenters. The molecule has 1 aromatic heterocycles. The molecule has 1 saturated heterocycles. The van der Waals surface area contributed by atoms with E-state index in [0.717, 1.165) is 27.8 Å². The van der Waals surface area contributed by atoms with E-state index < -0.39 is 4.92 Å². The number of amides is 2. The zero-order chi connectivity index (χ0) is 24.4. The number of nitrogens with one attached hydrogen (secondary N) is 1. The molecule has 0 saturated carbocycles. The van der Waals surface area contributed by atoms with E-state index in [2.05, 4.69) is 20.2 Å². The minimum atomic E-state index is -0.483. The normalized spacial score (nSPS) is 13.6. The lowest BCUT2D eigenvalue weighted by Crippen LogP contribution is -2.50. The summed E-state index contributed by atoms with van der Waals surface area (Å²) in [4.78, 5) is 36.4. The van der Waals surface area contributed by atoms with Gasteiger partial charge in [0.2, 0.25) is 0 Å². The summed E-state index contributed by atoms with van der Waals surface area (Å²) in [5.74, 6) is 1.91. The van der Waals surface area contributed by atoms with Crippen LogP contribution in [0.4, 0.5) is 22.0 Å². The molecule has 1 fully saturated rings. The van der Waals surface area contributed by atoms with Crippen LogP contribution in [-0.2, 0) is 0 Å². The number of ether oxygens (including phenoxy) is 2. The molecule has 34 heavy (non-hydrogen) atoms. The highest BCUT2D eigenvalue weighted by atomic mass is 16.6. The zero-order valence-corrected chi connectivity index (χ0v) is 19.5. The number of methoxy groups -OCH3 is 2. The smallest absolute Gasteiger partial charge is 0.322 e. The summed E-state index contributed by atoms with van der Waals surface area (Å²) >= 11 is 0. The Bertz CT molecular complexity index is 1260. The minimum Gasteiger partial charge on any atom is -0.493 e. The van der Waals surface area contributed by atoms with Crippen molar-refractivity contribution in [3.8, 4) is 11.5 Å². The van der Waals surface area contributed by atoms with Crippen LogP contribution < -0.4 is 19.7 Å². The Morgan fingerprint density at radius 2 is 1.65 bits per heavy atom. The van der Waals surface area contributed by atoms with Gasteiger partial charge in [-0.05, 0) is 37.1 Å². The Hall–Kier alpha value is -4.15. The van der Waals surface area contributed by atoms with Crippen molar-refractivity contribution in [3.63, 3.8) is 0 Å². The fourth-order valence-corrected chi connectivity index (χ4v) is 3.99. The molecule has 4 rings (SSSR count). The number of hydrogen-bond acceptors (Lipinski definition) is 8. The van der Waals surface area contributed by atoms with Crippen molar-refractivity contribution in [2.75, 3.05) is 50.6 Å². The average Bonchev–Trinajstić information content (AvgIpc) is 2.84. The molecule has 0 radical (unpaired) electrons. The monoisotopic (exact) mass is 466 g/mol. The number of nitro groups is 1. The highest BCUT2D eigenvalue weighted by Gasteiger charge is 2.26. The molecule has 1 aliphatic heterocycles. The van der Waals surface area contributed by atoms with Crippen molar-refractivity contribution < 1.29 is 19.2 Å². The Kier molecular flexibility index (Phi) is 6.35. The number of fused-ring (bicyclic) bond motifs is 1. The molecule has 11 nitrogen and oxygen atoms in total. The van der Waals surface area contributed by atoms with Gasteiger partial charge in [0, 0.05) is 43.7 Å². The van der Waals surface area contributed by atoms with E-state index in [-0.39, 0.29) is 17.4 Å². The van der Waals surface area contributed by atoms with Gasteiger partial charge in [-0.3, -0.25) is 10.1 Å². The lowest BCUT2D eigenvalue weighted by atomic mass is 10.1. The topological polar surface area (TPSA) is 123 Å². The van der Waals surface area contributed by atoms with E-state index in [1.807, 2.05) is 13.0 Å². The third-order valence-corrected chi connectivity index (χ3v) is 6.04. The second-order valence-corrected chi connectivity index (χ2v) is 8.04. The minimum absolute atomic E-state index is 0.119. The second-order valence-electron chi connectivity index (χ2n) is 8.04. The summed E-state index contributed by atoms with van der Waals surface area (Å²) in [7, 11) is 3.15. The fraction of sp³-hybridized carbons (Fsp3) is 0.348. The van der Waals surface area contributed by atoms with Crippen molar-refractivity contribution in [2.24, 2.45) is 0 Å². The van der Waals surface area contributed by atoms with Crippen molar-refractivity contribution in [1.82, 2.24) is 14.9 Å². The van der Waals surface area contributed by atoms with Crippen LogP contribution >= 0.6 is 0 Å². The number of nitrogens with zero attached hydrogens (tertiary/aromatic N) is 5. The number of aryl methyl sites for hydroxylation is 2. The molecule has 1 N–H and O–H groups in total. The van der Waals surface area contributed by atoms with Gasteiger partial charge in [-0.1, -0.05) is 0 Å². The van der Waals surface area contributed by atoms with Crippen LogP contribution in [0.15, 0.2) is 30.6 Å². The van der Waals surface area contributed by atoms with Gasteiger partial charge in [0.05, 0.1) is 24.7 Å². The number of carbonyl (C=O) groups is 1. The maximum atomic E-state index is 12.9. The molecule has 2 aromatic carbocycles. The van der Waals surface area contributed by atoms with Gasteiger partial charge in [-0.2, -0.15) is 0 Å². The molecule has 2 amide bonds. The largest absolute Gasteiger partial charge is 0.493 e. The lowest BCUT2D eigenvalue weighted by molar-refractivity contribution is -0.384. The van der Waals surface area contributed by atoms with Crippen LogP contribution in [0.3, 0.4) is 0 Å². The van der Waals surface area contributed by atoms with Crippen molar-refractivity contribution in [3.05, 3.63) is 51.8 Å². The first-order valence-corrected chi connectivity index (χ1v) is 10.8. The number of urea groups is 1. The van der Waals surface area contributed by atoms with Crippen LogP contribution in [0.1, 0.15) is 11.1 Å². The number of aromatic nitrogens is 2. The van der Waals surface area contributed by atoms with Crippen LogP contribution in [0, 0.1) is 24.0 Å². The molecule has 178 valence electrons. The summed E-state index contributed by atoms with van der Waals surface area (Å²) < 4.78 is 10.8. The number of nitro benzene ring substituents is 1. The van der Waals surface area contributed by atoms with E-state index in [4.69, 9.17) is 9.47 Å². The van der Waals surface area contributed by atoms with Gasteiger partial charge in [0.25, 0.3) is 5.69 Å². The first kappa shape index (κ1) is 23.0. The maximum absolute atomic E-state index is 12.9. The summed E-state index contributed by atoms with van der Waals surface area (Å²) in [6, 6.07) is 6.40. The van der Waals surface area contributed by atoms with E-state index in [1.54, 1.807) is 38.2 Å². The Morgan fingerprint density at radius 3 is 2.29 bits per heavy atom. The van der Waals surface area contributed by atoms with Gasteiger partial charge in [-0.15, -0.1) is 0 Å². The molecule has 3 aromatic rings. The number of piperazine rings is 1. The standard InChI is InChI=1S/C23H26N6O5/c1-14-9-18(19(29(31)32)10-15(14)2)26-23(30)28-7-5-27(6-8-28)22-16-11-20(33-3)21(34-4)12-17(16)24-13-25-22/h9-13H,5-8H2,1-4H3,(H,26,30). The molecule has 0 atom stereocenters. The molecular formula is C23H26N6O5. The second kappa shape index (κ2) is 9.38. The maximum Gasteiger partial charge on any atom is 0.322 e. The molecule has 11 heteroatoms. The summed E-state index contributed by atoms with van der Waals surface area (Å²) in [6.07, 6.45) is 1.50. The Labute approximate surface area is 196 Å². The van der Waals surface area contributed by atoms with E-state index >= 15 is 0 Å². The lowest BCUT2D eigenvalue weighted by Gasteiger charge is -2.35. The van der Waals surface area contributed by atoms with Crippen molar-refractivity contribution in [2.45, 2.75) is 13.8 Å². The Morgan fingerprint density at radius 1 is 1.00 bits per heavy atom. The Balaban J connectivity index is 1.50. The fourth-order valence-electron chi connectivity index (χ4n) is 3.99. The summed E-state index contributed by atoms with van der Waals surface area (Å²) in [6.45, 7) is 5.61. The van der Waals surface area contributed by atoms with Crippen LogP contribution in [0.5, 0.6) is 11.5 Å². The van der Waals surface area contributed by atoms with Crippen LogP contribution in [0.25, 0.3) is 10.9 Å². The zero-order valence-electron chi connectivity index (χ0n) is 19.5. The highest BCUT2D eigenvalue weighted by Crippen LogP contribution is 2.35. The van der Waals surface area contributed by atoms with Crippen LogP contribution in [0.2, 0.25) is 0 Å². The van der Waals surface area contributed by atoms with E-state index in [1.165, 1.54) is 12.4 Å². The number of carbonyl (C=O) groups excluding carboxylic acids is 1. The summed E-state index contributed by atoms with van der Waals surface area (Å²) in [5.41, 5.74) is 2.47. The van der Waals surface area contributed by atoms with Gasteiger partial charge >= 0.3 is 6.03 Å². The van der Waals surface area contributed by atoms with Gasteiger partial charge in [-0.25, -0.2) is 14.8 Å². The van der Waals surface area contributed by atoms with Gasteiger partial charge in [0.1, 0.15) is 17.8 Å². The third-order valence-electron chi connectivity index (χ3n) is 6.04. The van der Waals surface area contributed by atoms with E-state index in [9.17, 15) is 14.9 Å². The van der Waals surface area contributed by atoms with E-state index in [0.29, 0.717) is 37.7 Å². The first-order chi connectivity index (χ1) is 16.3. The molecule has 0 bridgehead atoms. The number of hydrogen-bond donors (Lipinski definition) is 1. The number of anilines is 2. The van der Waals surface area contributed by atoms with Crippen molar-refractivity contribution in [1.29, 1.82) is 0 Å². The predicted octanol–water partition coefficient (Wildman–Crippen LogP) is 3.53. The molecule has 0 aliphatic carbocycles. The number of rotatable bonds is 5. The molecule has 1 aliphatic rings. The quantitative estimate of drug-likeness (QED) is 0.448. The summed E-state index contributed by atoms with van der Waals surface area (Å²) in [5, 5.41) is 15.0. The van der Waals surface area contributed by atoms with Gasteiger partial charge < -0.3 is 24.6 Å². The first-order valence-electron chi connectivity index (χ1n) is 10.8. The SMILES string of the molecule is COc1cc2ncnc(N3CCN(C(=O)Nc4cc(C)c(C)cc4[N+](=O)[O-])CC3)c2cc1OC. The number of benzene rings is 2. The van der Waals surface area contributed by atoms with Crippen LogP contribution in [-0.4, -0.2) is 66.2 Å². The third kappa shape index (κ3) is 4.36. The average molecular weight is 466 g/mol. The van der Waals surface area contributed by atoms with Crippen molar-refractivity contribution >= 4 is 34.1 Å². The predicted molar refractivity (Wildman–Crippen MR) is 128 cm³/mol. The highest BCUT2D eigenvalue weighted by molar-refractivity contribution is 5.93.